The molecule has 1 unspecified atom stereocenters. The number of benzene rings is 2. The number of fused-ring (bicyclic) bond motifs is 1. The molecule has 0 spiro atoms. The Bertz CT molecular complexity index is 1170. The fourth-order valence-corrected chi connectivity index (χ4v) is 4.74. The Morgan fingerprint density at radius 3 is 2.74 bits per heavy atom. The van der Waals surface area contributed by atoms with E-state index in [-0.39, 0.29) is 12.1 Å². The molecule has 1 aromatic heterocycles. The van der Waals surface area contributed by atoms with E-state index in [4.69, 9.17) is 20.9 Å². The third kappa shape index (κ3) is 5.04. The van der Waals surface area contributed by atoms with Gasteiger partial charge in [0.2, 0.25) is 5.82 Å². The monoisotopic (exact) mass is 483 g/mol. The third-order valence-electron chi connectivity index (χ3n) is 5.92. The fraction of sp³-hybridized carbons (Fsp3) is 0.423. The Morgan fingerprint density at radius 2 is 2.06 bits per heavy atom. The molecule has 0 saturated carbocycles. The lowest BCUT2D eigenvalue weighted by Crippen LogP contribution is -2.34. The molecule has 3 aromatic rings. The van der Waals surface area contributed by atoms with Gasteiger partial charge in [0, 0.05) is 17.7 Å². The van der Waals surface area contributed by atoms with Gasteiger partial charge in [0.05, 0.1) is 17.2 Å². The highest BCUT2D eigenvalue weighted by Gasteiger charge is 2.31. The number of aromatic nitrogens is 2. The second kappa shape index (κ2) is 10.1. The van der Waals surface area contributed by atoms with Crippen molar-refractivity contribution < 1.29 is 19.2 Å². The molecule has 1 N–H and O–H groups in total. The number of hydrogen-bond acceptors (Lipinski definition) is 5. The Balaban J connectivity index is 1.71. The summed E-state index contributed by atoms with van der Waals surface area (Å²) in [4.78, 5) is 18.2. The minimum absolute atomic E-state index is 0.0169. The molecule has 0 saturated heterocycles. The summed E-state index contributed by atoms with van der Waals surface area (Å²) < 4.78 is 11.3. The van der Waals surface area contributed by atoms with Crippen LogP contribution in [-0.4, -0.2) is 38.9 Å². The highest BCUT2D eigenvalue weighted by molar-refractivity contribution is 6.32. The highest BCUT2D eigenvalue weighted by atomic mass is 35.5. The van der Waals surface area contributed by atoms with Gasteiger partial charge in [-0.05, 0) is 68.4 Å². The summed E-state index contributed by atoms with van der Waals surface area (Å²) in [6.45, 7) is 8.62. The van der Waals surface area contributed by atoms with E-state index in [1.807, 2.05) is 38.1 Å². The van der Waals surface area contributed by atoms with E-state index in [1.165, 1.54) is 0 Å². The zero-order chi connectivity index (χ0) is 24.4. The van der Waals surface area contributed by atoms with E-state index in [0.29, 0.717) is 40.5 Å². The molecule has 1 aliphatic rings. The maximum atomic E-state index is 12.0. The van der Waals surface area contributed by atoms with E-state index >= 15 is 0 Å². The van der Waals surface area contributed by atoms with Gasteiger partial charge in [-0.15, -0.1) is 0 Å². The Kier molecular flexibility index (Phi) is 7.12. The molecule has 1 aliphatic heterocycles. The van der Waals surface area contributed by atoms with Crippen molar-refractivity contribution in [1.82, 2.24) is 15.0 Å². The van der Waals surface area contributed by atoms with Crippen LogP contribution >= 0.6 is 11.6 Å². The second-order valence-corrected chi connectivity index (χ2v) is 9.74. The molecule has 8 heteroatoms. The zero-order valence-electron chi connectivity index (χ0n) is 19.9. The predicted molar refractivity (Wildman–Crippen MR) is 131 cm³/mol. The highest BCUT2D eigenvalue weighted by Crippen LogP contribution is 2.38. The number of ether oxygens (including phenoxy) is 1. The SMILES string of the molecule is CC(C)CC1c2cccc(-c3noc(-c4ccc(OC(C)C)c(Cl)c4)n3)c2CCCN1C(=O)O. The van der Waals surface area contributed by atoms with Crippen molar-refractivity contribution in [1.29, 1.82) is 0 Å². The topological polar surface area (TPSA) is 88.7 Å². The largest absolute Gasteiger partial charge is 0.489 e. The van der Waals surface area contributed by atoms with Gasteiger partial charge < -0.3 is 19.3 Å². The van der Waals surface area contributed by atoms with Gasteiger partial charge in [0.15, 0.2) is 0 Å². The summed E-state index contributed by atoms with van der Waals surface area (Å²) in [6.07, 6.45) is 1.38. The lowest BCUT2D eigenvalue weighted by atomic mass is 9.89. The van der Waals surface area contributed by atoms with Crippen molar-refractivity contribution in [3.63, 3.8) is 0 Å². The number of halogens is 1. The van der Waals surface area contributed by atoms with Crippen LogP contribution in [0, 0.1) is 5.92 Å². The number of hydrogen-bond donors (Lipinski definition) is 1. The van der Waals surface area contributed by atoms with Gasteiger partial charge in [-0.3, -0.25) is 0 Å². The maximum Gasteiger partial charge on any atom is 0.407 e. The van der Waals surface area contributed by atoms with Gasteiger partial charge in [0.25, 0.3) is 5.89 Å². The van der Waals surface area contributed by atoms with Crippen LogP contribution in [0.5, 0.6) is 5.75 Å². The van der Waals surface area contributed by atoms with Crippen LogP contribution in [0.3, 0.4) is 0 Å². The van der Waals surface area contributed by atoms with Crippen molar-refractivity contribution >= 4 is 17.7 Å². The summed E-state index contributed by atoms with van der Waals surface area (Å²) in [5.41, 5.74) is 3.69. The first kappa shape index (κ1) is 24.1. The Morgan fingerprint density at radius 1 is 1.26 bits per heavy atom. The molecule has 0 bridgehead atoms. The maximum absolute atomic E-state index is 12.0. The lowest BCUT2D eigenvalue weighted by molar-refractivity contribution is 0.118. The van der Waals surface area contributed by atoms with Crippen LogP contribution in [-0.2, 0) is 6.42 Å². The first-order valence-electron chi connectivity index (χ1n) is 11.7. The molecule has 4 rings (SSSR count). The number of carbonyl (C=O) groups is 1. The molecule has 0 fully saturated rings. The predicted octanol–water partition coefficient (Wildman–Crippen LogP) is 6.86. The molecule has 34 heavy (non-hydrogen) atoms. The quantitative estimate of drug-likeness (QED) is 0.412. The van der Waals surface area contributed by atoms with E-state index in [9.17, 15) is 9.90 Å². The molecule has 180 valence electrons. The molecular weight excluding hydrogens is 454 g/mol. The van der Waals surface area contributed by atoms with Crippen molar-refractivity contribution in [2.45, 2.75) is 59.1 Å². The number of amides is 1. The molecule has 0 aliphatic carbocycles. The van der Waals surface area contributed by atoms with Crippen LogP contribution in [0.4, 0.5) is 4.79 Å². The molecule has 1 atom stereocenters. The molecule has 2 heterocycles. The molecule has 1 amide bonds. The third-order valence-corrected chi connectivity index (χ3v) is 6.22. The minimum atomic E-state index is -0.882. The smallest absolute Gasteiger partial charge is 0.407 e. The van der Waals surface area contributed by atoms with Crippen molar-refractivity contribution in [3.05, 3.63) is 52.5 Å². The Labute approximate surface area is 204 Å². The van der Waals surface area contributed by atoms with Crippen LogP contribution in [0.15, 0.2) is 40.9 Å². The van der Waals surface area contributed by atoms with E-state index in [2.05, 4.69) is 24.0 Å². The first-order chi connectivity index (χ1) is 16.2. The average molecular weight is 484 g/mol. The van der Waals surface area contributed by atoms with Crippen LogP contribution < -0.4 is 4.74 Å². The van der Waals surface area contributed by atoms with Gasteiger partial charge in [-0.2, -0.15) is 4.98 Å². The second-order valence-electron chi connectivity index (χ2n) is 9.33. The first-order valence-corrected chi connectivity index (χ1v) is 12.0. The van der Waals surface area contributed by atoms with Crippen molar-refractivity contribution in [3.8, 4) is 28.6 Å². The van der Waals surface area contributed by atoms with Gasteiger partial charge in [-0.25, -0.2) is 4.79 Å². The Hall–Kier alpha value is -3.06. The normalized spacial score (nSPS) is 16.0. The summed E-state index contributed by atoms with van der Waals surface area (Å²) >= 11 is 6.39. The van der Waals surface area contributed by atoms with Gasteiger partial charge in [0.1, 0.15) is 5.75 Å². The molecule has 2 aromatic carbocycles. The number of carboxylic acid groups (broad SMARTS) is 1. The van der Waals surface area contributed by atoms with E-state index in [1.54, 1.807) is 17.0 Å². The van der Waals surface area contributed by atoms with E-state index in [0.717, 1.165) is 36.0 Å². The summed E-state index contributed by atoms with van der Waals surface area (Å²) in [5.74, 6) is 1.81. The lowest BCUT2D eigenvalue weighted by Gasteiger charge is -2.30. The number of rotatable bonds is 6. The minimum Gasteiger partial charge on any atom is -0.489 e. The van der Waals surface area contributed by atoms with Crippen molar-refractivity contribution in [2.75, 3.05) is 6.54 Å². The van der Waals surface area contributed by atoms with Crippen LogP contribution in [0.2, 0.25) is 5.02 Å². The molecule has 7 nitrogen and oxygen atoms in total. The summed E-state index contributed by atoms with van der Waals surface area (Å²) in [5, 5.41) is 14.6. The summed E-state index contributed by atoms with van der Waals surface area (Å²) in [7, 11) is 0. The average Bonchev–Trinajstić information content (AvgIpc) is 3.18. The number of nitrogens with zero attached hydrogens (tertiary/aromatic N) is 3. The zero-order valence-corrected chi connectivity index (χ0v) is 20.7. The van der Waals surface area contributed by atoms with Gasteiger partial charge in [-0.1, -0.05) is 48.8 Å². The fourth-order valence-electron chi connectivity index (χ4n) is 4.52. The van der Waals surface area contributed by atoms with Gasteiger partial charge >= 0.3 is 6.09 Å². The summed E-state index contributed by atoms with van der Waals surface area (Å²) in [6, 6.07) is 11.1. The standard InChI is InChI=1S/C26H30ClN3O4/c1-15(2)13-22-19-7-5-8-20(18(19)9-6-12-30(22)26(31)32)24-28-25(34-29-24)17-10-11-23(21(27)14-17)33-16(3)4/h5,7-8,10-11,14-16,22H,6,9,12-13H2,1-4H3,(H,31,32). The van der Waals surface area contributed by atoms with Crippen molar-refractivity contribution in [2.24, 2.45) is 5.92 Å². The van der Waals surface area contributed by atoms with Crippen LogP contribution in [0.25, 0.3) is 22.8 Å². The van der Waals surface area contributed by atoms with Crippen LogP contribution in [0.1, 0.15) is 57.7 Å². The molecule has 0 radical (unpaired) electrons. The van der Waals surface area contributed by atoms with E-state index < -0.39 is 6.09 Å². The molecular formula is C26H30ClN3O4.